The third kappa shape index (κ3) is 3.89. The molecule has 7 heteroatoms. The number of amides is 1. The number of ether oxygens (including phenoxy) is 1. The van der Waals surface area contributed by atoms with Crippen LogP contribution >= 0.6 is 11.3 Å². The maximum Gasteiger partial charge on any atom is 0.271 e. The van der Waals surface area contributed by atoms with Crippen LogP contribution < -0.4 is 15.6 Å². The van der Waals surface area contributed by atoms with Gasteiger partial charge in [0.1, 0.15) is 17.1 Å². The first-order valence-electron chi connectivity index (χ1n) is 9.88. The van der Waals surface area contributed by atoms with Crippen molar-refractivity contribution < 1.29 is 9.53 Å². The van der Waals surface area contributed by atoms with Crippen LogP contribution in [0.2, 0.25) is 0 Å². The van der Waals surface area contributed by atoms with Gasteiger partial charge in [-0.3, -0.25) is 14.0 Å². The third-order valence-corrected chi connectivity index (χ3v) is 5.69. The van der Waals surface area contributed by atoms with Gasteiger partial charge in [0.15, 0.2) is 4.96 Å². The molecule has 5 rings (SSSR count). The van der Waals surface area contributed by atoms with Gasteiger partial charge in [0.2, 0.25) is 0 Å². The van der Waals surface area contributed by atoms with E-state index in [1.54, 1.807) is 24.3 Å². The highest BCUT2D eigenvalue weighted by molar-refractivity contribution is 7.15. The predicted molar refractivity (Wildman–Crippen MR) is 126 cm³/mol. The number of para-hydroxylation sites is 1. The van der Waals surface area contributed by atoms with Gasteiger partial charge in [-0.15, -0.1) is 11.3 Å². The molecule has 2 heterocycles. The third-order valence-electron chi connectivity index (χ3n) is 4.85. The summed E-state index contributed by atoms with van der Waals surface area (Å²) in [6.07, 6.45) is 1.32. The van der Waals surface area contributed by atoms with Crippen LogP contribution in [0.15, 0.2) is 101 Å². The van der Waals surface area contributed by atoms with Crippen LogP contribution in [0.3, 0.4) is 0 Å². The van der Waals surface area contributed by atoms with Crippen molar-refractivity contribution in [1.82, 2.24) is 9.38 Å². The fourth-order valence-electron chi connectivity index (χ4n) is 3.29. The van der Waals surface area contributed by atoms with Crippen molar-refractivity contribution in [3.63, 3.8) is 0 Å². The van der Waals surface area contributed by atoms with Crippen molar-refractivity contribution in [2.24, 2.45) is 0 Å². The van der Waals surface area contributed by atoms with E-state index in [1.807, 2.05) is 66.0 Å². The first-order chi connectivity index (χ1) is 15.7. The molecule has 0 aliphatic heterocycles. The fourth-order valence-corrected chi connectivity index (χ4v) is 4.15. The minimum absolute atomic E-state index is 0.0253. The summed E-state index contributed by atoms with van der Waals surface area (Å²) in [5.41, 5.74) is 1.71. The number of carbonyl (C=O) groups is 1. The monoisotopic (exact) mass is 439 g/mol. The minimum Gasteiger partial charge on any atom is -0.457 e. The number of benzene rings is 3. The standard InChI is InChI=1S/C25H17N3O3S/c29-23(27-18-11-13-20(14-12-18)31-19-9-5-2-6-10-19)21-15-26-25-28(24(21)30)22(16-32-25)17-7-3-1-4-8-17/h1-16H,(H,27,29). The molecule has 0 saturated heterocycles. The lowest BCUT2D eigenvalue weighted by molar-refractivity contribution is 0.102. The van der Waals surface area contributed by atoms with E-state index in [0.29, 0.717) is 22.1 Å². The number of rotatable bonds is 5. The molecule has 32 heavy (non-hydrogen) atoms. The quantitative estimate of drug-likeness (QED) is 0.394. The molecular formula is C25H17N3O3S. The summed E-state index contributed by atoms with van der Waals surface area (Å²) >= 11 is 1.36. The number of nitrogens with one attached hydrogen (secondary N) is 1. The molecule has 0 atom stereocenters. The predicted octanol–water partition coefficient (Wildman–Crippen LogP) is 5.47. The maximum absolute atomic E-state index is 13.1. The Hall–Kier alpha value is -4.23. The fraction of sp³-hybridized carbons (Fsp3) is 0. The van der Waals surface area contributed by atoms with E-state index in [-0.39, 0.29) is 5.56 Å². The Balaban J connectivity index is 1.39. The number of nitrogens with zero attached hydrogens (tertiary/aromatic N) is 2. The number of anilines is 1. The van der Waals surface area contributed by atoms with E-state index in [1.165, 1.54) is 21.9 Å². The van der Waals surface area contributed by atoms with Crippen molar-refractivity contribution in [3.8, 4) is 22.8 Å². The zero-order chi connectivity index (χ0) is 21.9. The molecule has 0 aliphatic carbocycles. The zero-order valence-electron chi connectivity index (χ0n) is 16.8. The van der Waals surface area contributed by atoms with Crippen LogP contribution in [0.5, 0.6) is 11.5 Å². The van der Waals surface area contributed by atoms with Crippen LogP contribution in [0.4, 0.5) is 5.69 Å². The van der Waals surface area contributed by atoms with E-state index in [2.05, 4.69) is 10.3 Å². The van der Waals surface area contributed by atoms with Gasteiger partial charge in [-0.05, 0) is 42.0 Å². The average molecular weight is 439 g/mol. The second-order valence-corrected chi connectivity index (χ2v) is 7.81. The van der Waals surface area contributed by atoms with Gasteiger partial charge in [0, 0.05) is 17.3 Å². The summed E-state index contributed by atoms with van der Waals surface area (Å²) in [6, 6.07) is 25.9. The van der Waals surface area contributed by atoms with Crippen molar-refractivity contribution in [2.75, 3.05) is 5.32 Å². The topological polar surface area (TPSA) is 72.7 Å². The van der Waals surface area contributed by atoms with Crippen molar-refractivity contribution in [1.29, 1.82) is 0 Å². The highest BCUT2D eigenvalue weighted by Gasteiger charge is 2.17. The summed E-state index contributed by atoms with van der Waals surface area (Å²) in [4.78, 5) is 30.8. The zero-order valence-corrected chi connectivity index (χ0v) is 17.6. The highest BCUT2D eigenvalue weighted by Crippen LogP contribution is 2.25. The van der Waals surface area contributed by atoms with Crippen molar-refractivity contribution in [3.05, 3.63) is 112 Å². The van der Waals surface area contributed by atoms with E-state index in [9.17, 15) is 9.59 Å². The van der Waals surface area contributed by atoms with Gasteiger partial charge < -0.3 is 10.1 Å². The Kier molecular flexibility index (Phi) is 5.23. The molecular weight excluding hydrogens is 422 g/mol. The first kappa shape index (κ1) is 19.7. The lowest BCUT2D eigenvalue weighted by Crippen LogP contribution is -2.26. The summed E-state index contributed by atoms with van der Waals surface area (Å²) in [5.74, 6) is 0.851. The summed E-state index contributed by atoms with van der Waals surface area (Å²) in [7, 11) is 0. The SMILES string of the molecule is O=C(Nc1ccc(Oc2ccccc2)cc1)c1cnc2scc(-c3ccccc3)n2c1=O. The van der Waals surface area contributed by atoms with Gasteiger partial charge in [-0.2, -0.15) is 0 Å². The second kappa shape index (κ2) is 8.49. The number of fused-ring (bicyclic) bond motifs is 1. The van der Waals surface area contributed by atoms with E-state index in [4.69, 9.17) is 4.74 Å². The second-order valence-electron chi connectivity index (χ2n) is 6.98. The van der Waals surface area contributed by atoms with Gasteiger partial charge in [-0.25, -0.2) is 4.98 Å². The molecule has 5 aromatic rings. The van der Waals surface area contributed by atoms with Crippen LogP contribution in [0.25, 0.3) is 16.2 Å². The number of thiazole rings is 1. The van der Waals surface area contributed by atoms with Crippen LogP contribution in [-0.2, 0) is 0 Å². The smallest absolute Gasteiger partial charge is 0.271 e. The summed E-state index contributed by atoms with van der Waals surface area (Å²) in [6.45, 7) is 0. The molecule has 6 nitrogen and oxygen atoms in total. The molecule has 0 saturated carbocycles. The van der Waals surface area contributed by atoms with E-state index < -0.39 is 11.5 Å². The molecule has 0 unspecified atom stereocenters. The molecule has 0 fully saturated rings. The molecule has 156 valence electrons. The van der Waals surface area contributed by atoms with E-state index >= 15 is 0 Å². The normalized spacial score (nSPS) is 10.8. The van der Waals surface area contributed by atoms with Crippen molar-refractivity contribution >= 4 is 27.9 Å². The summed E-state index contributed by atoms with van der Waals surface area (Å²) < 4.78 is 7.24. The molecule has 0 bridgehead atoms. The Morgan fingerprint density at radius 3 is 2.25 bits per heavy atom. The van der Waals surface area contributed by atoms with Crippen LogP contribution in [-0.4, -0.2) is 15.3 Å². The van der Waals surface area contributed by atoms with Gasteiger partial charge in [-0.1, -0.05) is 48.5 Å². The average Bonchev–Trinajstić information content (AvgIpc) is 3.27. The van der Waals surface area contributed by atoms with Crippen LogP contribution in [0, 0.1) is 0 Å². The molecule has 0 spiro atoms. The molecule has 0 radical (unpaired) electrons. The summed E-state index contributed by atoms with van der Waals surface area (Å²) in [5, 5.41) is 4.63. The largest absolute Gasteiger partial charge is 0.457 e. The Labute approximate surface area is 187 Å². The van der Waals surface area contributed by atoms with Gasteiger partial charge in [0.25, 0.3) is 11.5 Å². The highest BCUT2D eigenvalue weighted by atomic mass is 32.1. The lowest BCUT2D eigenvalue weighted by atomic mass is 10.2. The number of hydrogen-bond donors (Lipinski definition) is 1. The Morgan fingerprint density at radius 2 is 1.53 bits per heavy atom. The van der Waals surface area contributed by atoms with E-state index in [0.717, 1.165) is 11.3 Å². The maximum atomic E-state index is 13.1. The van der Waals surface area contributed by atoms with Gasteiger partial charge >= 0.3 is 0 Å². The Morgan fingerprint density at radius 1 is 0.875 bits per heavy atom. The van der Waals surface area contributed by atoms with Crippen LogP contribution in [0.1, 0.15) is 10.4 Å². The Bertz CT molecular complexity index is 1440. The molecule has 1 amide bonds. The minimum atomic E-state index is -0.515. The number of aromatic nitrogens is 2. The first-order valence-corrected chi connectivity index (χ1v) is 10.8. The number of carbonyl (C=O) groups excluding carboxylic acids is 1. The van der Waals surface area contributed by atoms with Gasteiger partial charge in [0.05, 0.1) is 5.69 Å². The molecule has 2 aromatic heterocycles. The molecule has 0 aliphatic rings. The lowest BCUT2D eigenvalue weighted by Gasteiger charge is -2.08. The number of hydrogen-bond acceptors (Lipinski definition) is 5. The van der Waals surface area contributed by atoms with Crippen molar-refractivity contribution in [2.45, 2.75) is 0 Å². The molecule has 3 aromatic carbocycles. The molecule has 1 N–H and O–H groups in total.